The van der Waals surface area contributed by atoms with E-state index < -0.39 is 0 Å². The molecule has 1 atom stereocenters. The van der Waals surface area contributed by atoms with Crippen LogP contribution in [0, 0.1) is 5.92 Å². The Bertz CT molecular complexity index is 1130. The van der Waals surface area contributed by atoms with Crippen molar-refractivity contribution in [3.05, 3.63) is 63.0 Å². The third-order valence-corrected chi connectivity index (χ3v) is 7.62. The maximum absolute atomic E-state index is 13.1. The van der Waals surface area contributed by atoms with Crippen LogP contribution in [-0.4, -0.2) is 22.0 Å². The van der Waals surface area contributed by atoms with Gasteiger partial charge in [0.2, 0.25) is 5.91 Å². The van der Waals surface area contributed by atoms with Crippen LogP contribution in [0.15, 0.2) is 41.5 Å². The van der Waals surface area contributed by atoms with E-state index in [2.05, 4.69) is 29.4 Å². The van der Waals surface area contributed by atoms with Crippen molar-refractivity contribution in [2.45, 2.75) is 51.0 Å². The van der Waals surface area contributed by atoms with Crippen LogP contribution in [0.25, 0.3) is 10.2 Å². The number of aryl methyl sites for hydroxylation is 1. The second kappa shape index (κ2) is 7.10. The molecular weight excluding hydrogens is 382 g/mol. The van der Waals surface area contributed by atoms with Crippen LogP contribution in [0.4, 0.5) is 0 Å². The van der Waals surface area contributed by atoms with Gasteiger partial charge in [0.1, 0.15) is 11.4 Å². The Morgan fingerprint density at radius 2 is 2.10 bits per heavy atom. The second-order valence-corrected chi connectivity index (χ2v) is 9.72. The van der Waals surface area contributed by atoms with Crippen molar-refractivity contribution in [1.82, 2.24) is 14.9 Å². The minimum Gasteiger partial charge on any atom is -0.354 e. The molecule has 0 saturated heterocycles. The van der Waals surface area contributed by atoms with Gasteiger partial charge in [0.05, 0.1) is 11.7 Å². The van der Waals surface area contributed by atoms with Crippen LogP contribution in [-0.2, 0) is 29.6 Å². The first kappa shape index (κ1) is 18.6. The van der Waals surface area contributed by atoms with Gasteiger partial charge < -0.3 is 5.32 Å². The zero-order valence-corrected chi connectivity index (χ0v) is 17.4. The second-order valence-electron chi connectivity index (χ2n) is 8.63. The number of nitrogens with one attached hydrogen (secondary N) is 1. The number of hydrogen-bond acceptors (Lipinski definition) is 4. The van der Waals surface area contributed by atoms with Gasteiger partial charge in [0.25, 0.3) is 5.56 Å². The van der Waals surface area contributed by atoms with Gasteiger partial charge in [-0.05, 0) is 49.1 Å². The topological polar surface area (TPSA) is 64.0 Å². The van der Waals surface area contributed by atoms with Crippen molar-refractivity contribution in [1.29, 1.82) is 0 Å². The maximum Gasteiger partial charge on any atom is 0.262 e. The van der Waals surface area contributed by atoms with Crippen LogP contribution in [0.2, 0.25) is 0 Å². The molecule has 2 heterocycles. The van der Waals surface area contributed by atoms with E-state index in [1.54, 1.807) is 11.3 Å². The Hall–Kier alpha value is -2.47. The molecule has 6 heteroatoms. The fourth-order valence-corrected chi connectivity index (χ4v) is 5.81. The Morgan fingerprint density at radius 1 is 1.31 bits per heavy atom. The summed E-state index contributed by atoms with van der Waals surface area (Å²) in [5, 5.41) is 3.78. The fraction of sp³-hybridized carbons (Fsp3) is 0.435. The number of aromatic nitrogens is 2. The van der Waals surface area contributed by atoms with Crippen molar-refractivity contribution in [2.24, 2.45) is 5.92 Å². The quantitative estimate of drug-likeness (QED) is 0.705. The molecule has 0 aliphatic heterocycles. The van der Waals surface area contributed by atoms with Gasteiger partial charge >= 0.3 is 0 Å². The number of nitrogens with zero attached hydrogens (tertiary/aromatic N) is 2. The van der Waals surface area contributed by atoms with Crippen LogP contribution < -0.4 is 10.9 Å². The Labute approximate surface area is 173 Å². The number of carbonyl (C=O) groups excluding carboxylic acids is 1. The Kier molecular flexibility index (Phi) is 4.54. The molecule has 0 bridgehead atoms. The van der Waals surface area contributed by atoms with Gasteiger partial charge in [-0.3, -0.25) is 14.2 Å². The highest BCUT2D eigenvalue weighted by Gasteiger charge is 2.44. The average Bonchev–Trinajstić information content (AvgIpc) is 3.43. The van der Waals surface area contributed by atoms with Crippen molar-refractivity contribution < 1.29 is 4.79 Å². The van der Waals surface area contributed by atoms with Crippen molar-refractivity contribution >= 4 is 27.5 Å². The van der Waals surface area contributed by atoms with Gasteiger partial charge in [-0.15, -0.1) is 11.3 Å². The molecule has 1 saturated carbocycles. The summed E-state index contributed by atoms with van der Waals surface area (Å²) in [7, 11) is 0. The predicted octanol–water partition coefficient (Wildman–Crippen LogP) is 3.43. The lowest BCUT2D eigenvalue weighted by Gasteiger charge is -2.18. The molecule has 2 aliphatic carbocycles. The van der Waals surface area contributed by atoms with E-state index in [0.717, 1.165) is 47.9 Å². The van der Waals surface area contributed by atoms with Crippen molar-refractivity contribution in [3.8, 4) is 0 Å². The number of carbonyl (C=O) groups is 1. The minimum atomic E-state index is -0.131. The number of benzene rings is 1. The van der Waals surface area contributed by atoms with Crippen molar-refractivity contribution in [2.75, 3.05) is 6.54 Å². The van der Waals surface area contributed by atoms with Gasteiger partial charge in [-0.25, -0.2) is 4.98 Å². The highest BCUT2D eigenvalue weighted by molar-refractivity contribution is 7.18. The lowest BCUT2D eigenvalue weighted by Crippen LogP contribution is -2.36. The largest absolute Gasteiger partial charge is 0.354 e. The summed E-state index contributed by atoms with van der Waals surface area (Å²) in [5.41, 5.74) is 2.42. The highest BCUT2D eigenvalue weighted by Crippen LogP contribution is 2.47. The molecule has 0 radical (unpaired) electrons. The monoisotopic (exact) mass is 407 g/mol. The van der Waals surface area contributed by atoms with Gasteiger partial charge in [0, 0.05) is 16.8 Å². The summed E-state index contributed by atoms with van der Waals surface area (Å²) in [6.45, 7) is 2.89. The molecule has 1 unspecified atom stereocenters. The lowest BCUT2D eigenvalue weighted by atomic mass is 9.89. The van der Waals surface area contributed by atoms with Crippen LogP contribution in [0.3, 0.4) is 0 Å². The Morgan fingerprint density at radius 3 is 2.86 bits per heavy atom. The molecule has 5 rings (SSSR count). The van der Waals surface area contributed by atoms with Gasteiger partial charge in [-0.2, -0.15) is 0 Å². The van der Waals surface area contributed by atoms with Gasteiger partial charge in [-0.1, -0.05) is 37.3 Å². The average molecular weight is 408 g/mol. The van der Waals surface area contributed by atoms with E-state index in [4.69, 9.17) is 0 Å². The molecule has 1 amide bonds. The van der Waals surface area contributed by atoms with Gasteiger partial charge in [0.15, 0.2) is 0 Å². The SMILES string of the molecule is CC1CCc2c(sc3ncn(CC(=O)NCC4(c5ccccc5)CC4)c(=O)c23)C1. The van der Waals surface area contributed by atoms with E-state index in [1.807, 2.05) is 18.2 Å². The molecule has 150 valence electrons. The zero-order valence-electron chi connectivity index (χ0n) is 16.6. The molecule has 0 spiro atoms. The summed E-state index contributed by atoms with van der Waals surface area (Å²) in [6, 6.07) is 10.3. The first-order chi connectivity index (χ1) is 14.1. The lowest BCUT2D eigenvalue weighted by molar-refractivity contribution is -0.121. The van der Waals surface area contributed by atoms with E-state index in [9.17, 15) is 9.59 Å². The minimum absolute atomic E-state index is 0.0215. The number of hydrogen-bond donors (Lipinski definition) is 1. The third-order valence-electron chi connectivity index (χ3n) is 6.46. The third kappa shape index (κ3) is 3.39. The molecule has 2 aliphatic rings. The molecular formula is C23H25N3O2S. The summed E-state index contributed by atoms with van der Waals surface area (Å²) in [6.07, 6.45) is 6.77. The van der Waals surface area contributed by atoms with Crippen LogP contribution >= 0.6 is 11.3 Å². The molecule has 29 heavy (non-hydrogen) atoms. The molecule has 1 N–H and O–H groups in total. The summed E-state index contributed by atoms with van der Waals surface area (Å²) < 4.78 is 1.46. The summed E-state index contributed by atoms with van der Waals surface area (Å²) in [5.74, 6) is 0.524. The van der Waals surface area contributed by atoms with Crippen LogP contribution in [0.5, 0.6) is 0 Å². The fourth-order valence-electron chi connectivity index (χ4n) is 4.47. The van der Waals surface area contributed by atoms with Crippen LogP contribution in [0.1, 0.15) is 42.2 Å². The normalized spacial score (nSPS) is 19.7. The highest BCUT2D eigenvalue weighted by atomic mass is 32.1. The smallest absolute Gasteiger partial charge is 0.262 e. The Balaban J connectivity index is 1.32. The van der Waals surface area contributed by atoms with E-state index >= 15 is 0 Å². The first-order valence-electron chi connectivity index (χ1n) is 10.4. The molecule has 5 nitrogen and oxygen atoms in total. The maximum atomic E-state index is 13.1. The first-order valence-corrected chi connectivity index (χ1v) is 11.2. The predicted molar refractivity (Wildman–Crippen MR) is 115 cm³/mol. The van der Waals surface area contributed by atoms with Crippen molar-refractivity contribution in [3.63, 3.8) is 0 Å². The van der Waals surface area contributed by atoms with E-state index in [1.165, 1.54) is 21.3 Å². The number of thiophene rings is 1. The molecule has 2 aromatic heterocycles. The number of fused-ring (bicyclic) bond motifs is 3. The summed E-state index contributed by atoms with van der Waals surface area (Å²) >= 11 is 1.64. The summed E-state index contributed by atoms with van der Waals surface area (Å²) in [4.78, 5) is 32.2. The molecule has 1 aromatic carbocycles. The van der Waals surface area contributed by atoms with E-state index in [0.29, 0.717) is 12.5 Å². The number of rotatable bonds is 5. The van der Waals surface area contributed by atoms with E-state index in [-0.39, 0.29) is 23.4 Å². The molecule has 3 aromatic rings. The number of amides is 1. The molecule has 1 fully saturated rings. The standard InChI is InChI=1S/C23H25N3O2S/c1-15-7-8-17-18(11-15)29-21-20(17)22(28)26(14-25-21)12-19(27)24-13-23(9-10-23)16-5-3-2-4-6-16/h2-6,14-15H,7-13H2,1H3,(H,24,27). The zero-order chi connectivity index (χ0) is 20.0.